The van der Waals surface area contributed by atoms with Gasteiger partial charge in [0.05, 0.1) is 5.02 Å². The van der Waals surface area contributed by atoms with Crippen LogP contribution >= 0.6 is 27.5 Å². The van der Waals surface area contributed by atoms with Gasteiger partial charge in [0, 0.05) is 11.2 Å². The van der Waals surface area contributed by atoms with Crippen molar-refractivity contribution in [2.24, 2.45) is 5.92 Å². The van der Waals surface area contributed by atoms with Crippen LogP contribution in [0.25, 0.3) is 0 Å². The van der Waals surface area contributed by atoms with Crippen molar-refractivity contribution in [1.82, 2.24) is 0 Å². The van der Waals surface area contributed by atoms with Gasteiger partial charge in [-0.3, -0.25) is 0 Å². The first-order chi connectivity index (χ1) is 7.95. The van der Waals surface area contributed by atoms with Crippen molar-refractivity contribution in [2.75, 3.05) is 0 Å². The van der Waals surface area contributed by atoms with Crippen LogP contribution in [0.15, 0.2) is 18.2 Å². The Hall–Kier alpha value is -0.740. The lowest BCUT2D eigenvalue weighted by molar-refractivity contribution is -0.147. The molecule has 0 spiro atoms. The van der Waals surface area contributed by atoms with Crippen LogP contribution in [0.2, 0.25) is 5.02 Å². The maximum atomic E-state index is 11.0. The molecule has 0 aliphatic heterocycles. The van der Waals surface area contributed by atoms with Gasteiger partial charge in [-0.25, -0.2) is 4.79 Å². The van der Waals surface area contributed by atoms with Crippen LogP contribution in [0.1, 0.15) is 19.4 Å². The molecule has 0 radical (unpaired) electrons. The van der Waals surface area contributed by atoms with Crippen molar-refractivity contribution in [3.63, 3.8) is 0 Å². The molecule has 0 fully saturated rings. The highest BCUT2D eigenvalue weighted by atomic mass is 79.9. The summed E-state index contributed by atoms with van der Waals surface area (Å²) in [7, 11) is 0. The van der Waals surface area contributed by atoms with E-state index in [-0.39, 0.29) is 5.92 Å². The molecular weight excluding hydrogens is 307 g/mol. The first-order valence-electron chi connectivity index (χ1n) is 5.19. The van der Waals surface area contributed by atoms with Gasteiger partial charge < -0.3 is 9.84 Å². The summed E-state index contributed by atoms with van der Waals surface area (Å²) in [5.41, 5.74) is 0.984. The zero-order chi connectivity index (χ0) is 13.0. The lowest BCUT2D eigenvalue weighted by Gasteiger charge is -2.19. The largest absolute Gasteiger partial charge is 0.478 e. The Morgan fingerprint density at radius 3 is 2.65 bits per heavy atom. The second kappa shape index (κ2) is 6.26. The van der Waals surface area contributed by atoms with Gasteiger partial charge in [0.15, 0.2) is 6.10 Å². The fraction of sp³-hybridized carbons (Fsp3) is 0.417. The van der Waals surface area contributed by atoms with Crippen LogP contribution in [0.4, 0.5) is 0 Å². The number of carboxylic acids is 1. The number of carboxylic acid groups (broad SMARTS) is 1. The quantitative estimate of drug-likeness (QED) is 0.841. The second-order valence-corrected chi connectivity index (χ2v) is 4.99. The summed E-state index contributed by atoms with van der Waals surface area (Å²) >= 11 is 9.30. The highest BCUT2D eigenvalue weighted by molar-refractivity contribution is 9.08. The van der Waals surface area contributed by atoms with Crippen LogP contribution in [-0.4, -0.2) is 17.2 Å². The summed E-state index contributed by atoms with van der Waals surface area (Å²) in [5.74, 6) is -0.707. The average Bonchev–Trinajstić information content (AvgIpc) is 2.27. The van der Waals surface area contributed by atoms with Gasteiger partial charge in [-0.2, -0.15) is 0 Å². The Bertz CT molecular complexity index is 407. The van der Waals surface area contributed by atoms with Crippen LogP contribution in [0, 0.1) is 5.92 Å². The van der Waals surface area contributed by atoms with E-state index in [4.69, 9.17) is 21.4 Å². The van der Waals surface area contributed by atoms with E-state index in [0.717, 1.165) is 5.56 Å². The van der Waals surface area contributed by atoms with Crippen LogP contribution in [-0.2, 0) is 10.1 Å². The summed E-state index contributed by atoms with van der Waals surface area (Å²) < 4.78 is 5.46. The Morgan fingerprint density at radius 1 is 1.53 bits per heavy atom. The van der Waals surface area contributed by atoms with Crippen molar-refractivity contribution in [3.05, 3.63) is 28.8 Å². The molecule has 0 saturated heterocycles. The van der Waals surface area contributed by atoms with Crippen LogP contribution in [0.3, 0.4) is 0 Å². The number of hydrogen-bond acceptors (Lipinski definition) is 2. The summed E-state index contributed by atoms with van der Waals surface area (Å²) in [6.45, 7) is 3.59. The van der Waals surface area contributed by atoms with Crippen LogP contribution in [0.5, 0.6) is 5.75 Å². The number of ether oxygens (including phenoxy) is 1. The SMILES string of the molecule is CC(C)[C@@H](Oc1cc(CBr)ccc1Cl)C(=O)O. The van der Waals surface area contributed by atoms with Crippen molar-refractivity contribution >= 4 is 33.5 Å². The van der Waals surface area contributed by atoms with Gasteiger partial charge in [-0.05, 0) is 17.7 Å². The first-order valence-corrected chi connectivity index (χ1v) is 6.69. The van der Waals surface area contributed by atoms with Crippen molar-refractivity contribution in [3.8, 4) is 5.75 Å². The fourth-order valence-corrected chi connectivity index (χ4v) is 1.84. The van der Waals surface area contributed by atoms with E-state index < -0.39 is 12.1 Å². The Balaban J connectivity index is 2.96. The fourth-order valence-electron chi connectivity index (χ4n) is 1.33. The summed E-state index contributed by atoms with van der Waals surface area (Å²) in [6, 6.07) is 5.30. The third-order valence-corrected chi connectivity index (χ3v) is 3.21. The topological polar surface area (TPSA) is 46.5 Å². The Labute approximate surface area is 114 Å². The minimum absolute atomic E-state index is 0.129. The molecular formula is C12H14BrClO3. The van der Waals surface area contributed by atoms with E-state index >= 15 is 0 Å². The molecule has 0 bridgehead atoms. The minimum atomic E-state index is -0.986. The third-order valence-electron chi connectivity index (χ3n) is 2.25. The molecule has 1 rings (SSSR count). The van der Waals surface area contributed by atoms with Gasteiger partial charge in [-0.1, -0.05) is 47.4 Å². The molecule has 0 heterocycles. The first kappa shape index (κ1) is 14.3. The van der Waals surface area contributed by atoms with Crippen molar-refractivity contribution in [1.29, 1.82) is 0 Å². The van der Waals surface area contributed by atoms with E-state index in [1.54, 1.807) is 26.0 Å². The molecule has 0 aliphatic rings. The molecule has 1 aromatic rings. The molecule has 3 nitrogen and oxygen atoms in total. The lowest BCUT2D eigenvalue weighted by Crippen LogP contribution is -2.32. The molecule has 0 aliphatic carbocycles. The standard InChI is InChI=1S/C12H14BrClO3/c1-7(2)11(12(15)16)17-10-5-8(6-13)3-4-9(10)14/h3-5,7,11H,6H2,1-2H3,(H,15,16)/t11-/m1/s1. The van der Waals surface area contributed by atoms with E-state index in [9.17, 15) is 4.79 Å². The zero-order valence-electron chi connectivity index (χ0n) is 9.61. The molecule has 1 atom stereocenters. The molecule has 1 N–H and O–H groups in total. The normalized spacial score (nSPS) is 12.5. The van der Waals surface area contributed by atoms with E-state index in [0.29, 0.717) is 16.1 Å². The molecule has 0 unspecified atom stereocenters. The number of hydrogen-bond donors (Lipinski definition) is 1. The molecule has 0 aromatic heterocycles. The predicted molar refractivity (Wildman–Crippen MR) is 71.0 cm³/mol. The van der Waals surface area contributed by atoms with Gasteiger partial charge in [0.1, 0.15) is 5.75 Å². The number of benzene rings is 1. The van der Waals surface area contributed by atoms with Gasteiger partial charge in [-0.15, -0.1) is 0 Å². The van der Waals surface area contributed by atoms with Gasteiger partial charge in [0.2, 0.25) is 0 Å². The predicted octanol–water partition coefficient (Wildman–Crippen LogP) is 3.72. The third kappa shape index (κ3) is 3.89. The Kier molecular flexibility index (Phi) is 5.28. The number of aliphatic carboxylic acids is 1. The number of carbonyl (C=O) groups is 1. The maximum Gasteiger partial charge on any atom is 0.345 e. The molecule has 0 saturated carbocycles. The summed E-state index contributed by atoms with van der Waals surface area (Å²) in [5, 5.41) is 10.1. The summed E-state index contributed by atoms with van der Waals surface area (Å²) in [4.78, 5) is 11.0. The van der Waals surface area contributed by atoms with Gasteiger partial charge in [0.25, 0.3) is 0 Å². The lowest BCUT2D eigenvalue weighted by atomic mass is 10.1. The maximum absolute atomic E-state index is 11.0. The minimum Gasteiger partial charge on any atom is -0.478 e. The Morgan fingerprint density at radius 2 is 2.18 bits per heavy atom. The number of rotatable bonds is 5. The van der Waals surface area contributed by atoms with E-state index in [1.165, 1.54) is 0 Å². The molecule has 5 heteroatoms. The highest BCUT2D eigenvalue weighted by Crippen LogP contribution is 2.28. The van der Waals surface area contributed by atoms with Crippen molar-refractivity contribution in [2.45, 2.75) is 25.3 Å². The average molecular weight is 322 g/mol. The molecule has 94 valence electrons. The van der Waals surface area contributed by atoms with Crippen LogP contribution < -0.4 is 4.74 Å². The van der Waals surface area contributed by atoms with E-state index in [1.807, 2.05) is 6.07 Å². The zero-order valence-corrected chi connectivity index (χ0v) is 12.0. The smallest absolute Gasteiger partial charge is 0.345 e. The molecule has 1 aromatic carbocycles. The van der Waals surface area contributed by atoms with Gasteiger partial charge >= 0.3 is 5.97 Å². The van der Waals surface area contributed by atoms with Crippen molar-refractivity contribution < 1.29 is 14.6 Å². The highest BCUT2D eigenvalue weighted by Gasteiger charge is 2.24. The molecule has 0 amide bonds. The summed E-state index contributed by atoms with van der Waals surface area (Å²) in [6.07, 6.45) is -0.891. The monoisotopic (exact) mass is 320 g/mol. The number of halogens is 2. The number of alkyl halides is 1. The second-order valence-electron chi connectivity index (χ2n) is 4.02. The molecule has 17 heavy (non-hydrogen) atoms. The van der Waals surface area contributed by atoms with E-state index in [2.05, 4.69) is 15.9 Å².